The highest BCUT2D eigenvalue weighted by atomic mass is 35.5. The fourth-order valence-electron chi connectivity index (χ4n) is 2.28. The molecule has 7 heteroatoms. The van der Waals surface area contributed by atoms with E-state index in [1.807, 2.05) is 4.57 Å². The van der Waals surface area contributed by atoms with Crippen molar-refractivity contribution in [1.29, 1.82) is 0 Å². The molecule has 1 aliphatic rings. The zero-order chi connectivity index (χ0) is 14.8. The number of imidazole rings is 1. The Morgan fingerprint density at radius 1 is 1.48 bits per heavy atom. The number of hydrogen-bond donors (Lipinski definition) is 1. The Balaban J connectivity index is 1.80. The number of alkyl halides is 1. The van der Waals surface area contributed by atoms with E-state index in [1.165, 1.54) is 0 Å². The van der Waals surface area contributed by atoms with Crippen LogP contribution < -0.4 is 5.32 Å². The van der Waals surface area contributed by atoms with E-state index in [-0.39, 0.29) is 5.91 Å². The molecular formula is C14H16Cl2N4O. The smallest absolute Gasteiger partial charge is 0.222 e. The molecule has 21 heavy (non-hydrogen) atoms. The van der Waals surface area contributed by atoms with E-state index in [0.717, 1.165) is 29.8 Å². The van der Waals surface area contributed by atoms with Gasteiger partial charge in [-0.25, -0.2) is 9.97 Å². The Labute approximate surface area is 132 Å². The predicted octanol–water partition coefficient (Wildman–Crippen LogP) is 2.53. The Morgan fingerprint density at radius 2 is 2.29 bits per heavy atom. The summed E-state index contributed by atoms with van der Waals surface area (Å²) in [7, 11) is 0. The summed E-state index contributed by atoms with van der Waals surface area (Å²) < 4.78 is 1.96. The summed E-state index contributed by atoms with van der Waals surface area (Å²) in [6.45, 7) is 0.551. The van der Waals surface area contributed by atoms with Crippen LogP contribution in [0.4, 0.5) is 0 Å². The van der Waals surface area contributed by atoms with Crippen molar-refractivity contribution >= 4 is 40.3 Å². The van der Waals surface area contributed by atoms with Crippen LogP contribution >= 0.6 is 23.2 Å². The van der Waals surface area contributed by atoms with Crippen LogP contribution in [0.25, 0.3) is 11.2 Å². The van der Waals surface area contributed by atoms with E-state index in [0.29, 0.717) is 36.3 Å². The summed E-state index contributed by atoms with van der Waals surface area (Å²) in [5, 5.41) is 3.54. The number of carbonyl (C=O) groups excluding carboxylic acids is 1. The van der Waals surface area contributed by atoms with Gasteiger partial charge in [-0.15, -0.1) is 11.6 Å². The van der Waals surface area contributed by atoms with E-state index in [2.05, 4.69) is 15.3 Å². The first kappa shape index (κ1) is 14.6. The molecule has 1 fully saturated rings. The second-order valence-electron chi connectivity index (χ2n) is 5.21. The Bertz CT molecular complexity index is 666. The first-order valence-electron chi connectivity index (χ1n) is 7.03. The van der Waals surface area contributed by atoms with Crippen molar-refractivity contribution in [3.63, 3.8) is 0 Å². The second-order valence-corrected chi connectivity index (χ2v) is 6.02. The standard InChI is InChI=1S/C14H16Cl2N4O/c15-5-3-12-19-11-7-9(16)8-17-14(11)20(12)6-4-13(21)18-10-1-2-10/h7-8,10H,1-6H2,(H,18,21). The molecule has 0 aromatic carbocycles. The number of amides is 1. The molecule has 1 aliphatic carbocycles. The topological polar surface area (TPSA) is 59.8 Å². The number of aryl methyl sites for hydroxylation is 2. The van der Waals surface area contributed by atoms with Crippen LogP contribution in [-0.4, -0.2) is 32.4 Å². The number of halogens is 2. The van der Waals surface area contributed by atoms with Crippen LogP contribution in [0.5, 0.6) is 0 Å². The van der Waals surface area contributed by atoms with Crippen molar-refractivity contribution in [3.05, 3.63) is 23.1 Å². The molecule has 2 aromatic rings. The maximum atomic E-state index is 11.8. The second kappa shape index (κ2) is 6.20. The van der Waals surface area contributed by atoms with Crippen LogP contribution in [0.2, 0.25) is 5.02 Å². The van der Waals surface area contributed by atoms with Crippen LogP contribution in [0.3, 0.4) is 0 Å². The molecule has 1 saturated carbocycles. The molecule has 0 saturated heterocycles. The first-order valence-corrected chi connectivity index (χ1v) is 7.94. The largest absolute Gasteiger partial charge is 0.353 e. The number of carbonyl (C=O) groups is 1. The van der Waals surface area contributed by atoms with E-state index in [9.17, 15) is 4.79 Å². The molecule has 2 aromatic heterocycles. The Morgan fingerprint density at radius 3 is 3.00 bits per heavy atom. The van der Waals surface area contributed by atoms with Crippen molar-refractivity contribution in [3.8, 4) is 0 Å². The summed E-state index contributed by atoms with van der Waals surface area (Å²) >= 11 is 11.8. The monoisotopic (exact) mass is 326 g/mol. The molecule has 112 valence electrons. The molecule has 0 bridgehead atoms. The third-order valence-electron chi connectivity index (χ3n) is 3.45. The van der Waals surface area contributed by atoms with Crippen molar-refractivity contribution < 1.29 is 4.79 Å². The van der Waals surface area contributed by atoms with E-state index < -0.39 is 0 Å². The molecule has 0 unspecified atom stereocenters. The lowest BCUT2D eigenvalue weighted by Crippen LogP contribution is -2.26. The van der Waals surface area contributed by atoms with Gasteiger partial charge in [-0.2, -0.15) is 0 Å². The van der Waals surface area contributed by atoms with Crippen LogP contribution in [0.15, 0.2) is 12.3 Å². The van der Waals surface area contributed by atoms with E-state index >= 15 is 0 Å². The van der Waals surface area contributed by atoms with Gasteiger partial charge >= 0.3 is 0 Å². The lowest BCUT2D eigenvalue weighted by molar-refractivity contribution is -0.121. The number of pyridine rings is 1. The zero-order valence-corrected chi connectivity index (χ0v) is 13.0. The molecule has 0 aliphatic heterocycles. The lowest BCUT2D eigenvalue weighted by Gasteiger charge is -2.08. The molecule has 0 atom stereocenters. The summed E-state index contributed by atoms with van der Waals surface area (Å²) in [5.74, 6) is 1.39. The minimum absolute atomic E-state index is 0.0742. The molecule has 0 radical (unpaired) electrons. The summed E-state index contributed by atoms with van der Waals surface area (Å²) in [4.78, 5) is 20.7. The fraction of sp³-hybridized carbons (Fsp3) is 0.500. The van der Waals surface area contributed by atoms with Gasteiger partial charge in [0, 0.05) is 37.5 Å². The zero-order valence-electron chi connectivity index (χ0n) is 11.5. The van der Waals surface area contributed by atoms with Gasteiger partial charge in [-0.3, -0.25) is 4.79 Å². The minimum atomic E-state index is 0.0742. The molecule has 5 nitrogen and oxygen atoms in total. The van der Waals surface area contributed by atoms with E-state index in [4.69, 9.17) is 23.2 Å². The molecule has 2 heterocycles. The number of aromatic nitrogens is 3. The van der Waals surface area contributed by atoms with Gasteiger partial charge in [0.15, 0.2) is 5.65 Å². The average molecular weight is 327 g/mol. The van der Waals surface area contributed by atoms with Crippen LogP contribution in [0.1, 0.15) is 25.1 Å². The van der Waals surface area contributed by atoms with Crippen molar-refractivity contribution in [1.82, 2.24) is 19.9 Å². The van der Waals surface area contributed by atoms with E-state index in [1.54, 1.807) is 12.3 Å². The minimum Gasteiger partial charge on any atom is -0.353 e. The first-order chi connectivity index (χ1) is 10.2. The van der Waals surface area contributed by atoms with Crippen molar-refractivity contribution in [2.75, 3.05) is 5.88 Å². The van der Waals surface area contributed by atoms with Gasteiger partial charge in [-0.05, 0) is 18.9 Å². The summed E-state index contributed by atoms with van der Waals surface area (Å²) in [6.07, 6.45) is 4.84. The lowest BCUT2D eigenvalue weighted by atomic mass is 10.3. The summed E-state index contributed by atoms with van der Waals surface area (Å²) in [5.41, 5.74) is 1.49. The number of nitrogens with zero attached hydrogens (tertiary/aromatic N) is 3. The SMILES string of the molecule is O=C(CCn1c(CCCl)nc2cc(Cl)cnc21)NC1CC1. The normalized spacial score (nSPS) is 14.6. The highest BCUT2D eigenvalue weighted by Gasteiger charge is 2.23. The van der Waals surface area contributed by atoms with Crippen LogP contribution in [0, 0.1) is 0 Å². The highest BCUT2D eigenvalue weighted by molar-refractivity contribution is 6.31. The fourth-order valence-corrected chi connectivity index (χ4v) is 2.61. The molecule has 3 rings (SSSR count). The maximum Gasteiger partial charge on any atom is 0.222 e. The van der Waals surface area contributed by atoms with Gasteiger partial charge in [-0.1, -0.05) is 11.6 Å². The molecule has 1 N–H and O–H groups in total. The van der Waals surface area contributed by atoms with Gasteiger partial charge in [0.05, 0.1) is 5.02 Å². The number of fused-ring (bicyclic) bond motifs is 1. The Kier molecular flexibility index (Phi) is 4.31. The van der Waals surface area contributed by atoms with Gasteiger partial charge in [0.2, 0.25) is 5.91 Å². The van der Waals surface area contributed by atoms with Gasteiger partial charge in [0.25, 0.3) is 0 Å². The number of hydrogen-bond acceptors (Lipinski definition) is 3. The quantitative estimate of drug-likeness (QED) is 0.830. The molecular weight excluding hydrogens is 311 g/mol. The highest BCUT2D eigenvalue weighted by Crippen LogP contribution is 2.20. The molecule has 1 amide bonds. The maximum absolute atomic E-state index is 11.8. The third-order valence-corrected chi connectivity index (χ3v) is 3.85. The van der Waals surface area contributed by atoms with Gasteiger partial charge < -0.3 is 9.88 Å². The Hall–Kier alpha value is -1.33. The van der Waals surface area contributed by atoms with Crippen molar-refractivity contribution in [2.24, 2.45) is 0 Å². The average Bonchev–Trinajstić information content (AvgIpc) is 3.18. The molecule has 0 spiro atoms. The van der Waals surface area contributed by atoms with Gasteiger partial charge in [0.1, 0.15) is 11.3 Å². The predicted molar refractivity (Wildman–Crippen MR) is 82.7 cm³/mol. The number of rotatable bonds is 6. The van der Waals surface area contributed by atoms with Crippen molar-refractivity contribution in [2.45, 2.75) is 38.3 Å². The third kappa shape index (κ3) is 3.47. The summed E-state index contributed by atoms with van der Waals surface area (Å²) in [6, 6.07) is 2.17. The number of nitrogens with one attached hydrogen (secondary N) is 1. The van der Waals surface area contributed by atoms with Crippen LogP contribution in [-0.2, 0) is 17.8 Å².